The van der Waals surface area contributed by atoms with Gasteiger partial charge in [0.1, 0.15) is 0 Å². The summed E-state index contributed by atoms with van der Waals surface area (Å²) in [5.74, 6) is -0.589. The monoisotopic (exact) mass is 341 g/mol. The molecule has 0 spiro atoms. The molecular weight excluding hydrogens is 322 g/mol. The Hall–Kier alpha value is -3.22. The summed E-state index contributed by atoms with van der Waals surface area (Å²) < 4.78 is 0. The SMILES string of the molecule is CC(=O)NC(CC(=O)Nc1ccc(C)c([N+](=O)[O-])c1)c1ccccc1. The van der Waals surface area contributed by atoms with E-state index in [0.717, 1.165) is 5.56 Å². The van der Waals surface area contributed by atoms with Gasteiger partial charge in [-0.15, -0.1) is 0 Å². The molecule has 2 aromatic carbocycles. The van der Waals surface area contributed by atoms with Crippen LogP contribution >= 0.6 is 0 Å². The van der Waals surface area contributed by atoms with Gasteiger partial charge >= 0.3 is 0 Å². The fourth-order valence-electron chi connectivity index (χ4n) is 2.46. The number of nitrogens with one attached hydrogen (secondary N) is 2. The Morgan fingerprint density at radius 1 is 1.16 bits per heavy atom. The van der Waals surface area contributed by atoms with E-state index >= 15 is 0 Å². The topological polar surface area (TPSA) is 101 Å². The highest BCUT2D eigenvalue weighted by Gasteiger charge is 2.18. The summed E-state index contributed by atoms with van der Waals surface area (Å²) in [6.45, 7) is 3.02. The number of nitro benzene ring substituents is 1. The van der Waals surface area contributed by atoms with E-state index in [1.807, 2.05) is 30.3 Å². The molecule has 0 aliphatic carbocycles. The van der Waals surface area contributed by atoms with Crippen LogP contribution in [0.25, 0.3) is 0 Å². The van der Waals surface area contributed by atoms with Gasteiger partial charge in [-0.2, -0.15) is 0 Å². The molecule has 0 aliphatic heterocycles. The normalized spacial score (nSPS) is 11.4. The lowest BCUT2D eigenvalue weighted by atomic mass is 10.0. The Bertz CT molecular complexity index is 790. The molecule has 2 N–H and O–H groups in total. The van der Waals surface area contributed by atoms with Crippen molar-refractivity contribution < 1.29 is 14.5 Å². The minimum absolute atomic E-state index is 0.0191. The first-order chi connectivity index (χ1) is 11.9. The van der Waals surface area contributed by atoms with Gasteiger partial charge in [-0.1, -0.05) is 36.4 Å². The minimum atomic E-state index is -0.491. The van der Waals surface area contributed by atoms with Gasteiger partial charge < -0.3 is 10.6 Å². The third-order valence-electron chi connectivity index (χ3n) is 3.66. The molecule has 1 atom stereocenters. The van der Waals surface area contributed by atoms with Crippen molar-refractivity contribution in [2.45, 2.75) is 26.3 Å². The summed E-state index contributed by atoms with van der Waals surface area (Å²) in [5, 5.41) is 16.4. The predicted molar refractivity (Wildman–Crippen MR) is 94.1 cm³/mol. The van der Waals surface area contributed by atoms with Crippen molar-refractivity contribution in [2.75, 3.05) is 5.32 Å². The molecule has 0 aromatic heterocycles. The molecule has 0 saturated heterocycles. The number of nitro groups is 1. The molecule has 0 fully saturated rings. The average molecular weight is 341 g/mol. The Balaban J connectivity index is 2.12. The molecule has 2 aromatic rings. The number of benzene rings is 2. The van der Waals surface area contributed by atoms with E-state index in [2.05, 4.69) is 10.6 Å². The highest BCUT2D eigenvalue weighted by atomic mass is 16.6. The van der Waals surface area contributed by atoms with Crippen LogP contribution in [0.15, 0.2) is 48.5 Å². The number of carbonyl (C=O) groups is 2. The average Bonchev–Trinajstić information content (AvgIpc) is 2.56. The Morgan fingerprint density at radius 3 is 2.44 bits per heavy atom. The molecule has 0 saturated carbocycles. The van der Waals surface area contributed by atoms with Crippen molar-refractivity contribution in [2.24, 2.45) is 0 Å². The van der Waals surface area contributed by atoms with Gasteiger partial charge in [0.05, 0.1) is 17.4 Å². The first-order valence-corrected chi connectivity index (χ1v) is 7.73. The zero-order valence-electron chi connectivity index (χ0n) is 14.0. The molecule has 7 heteroatoms. The molecule has 25 heavy (non-hydrogen) atoms. The van der Waals surface area contributed by atoms with Crippen LogP contribution in [0.2, 0.25) is 0 Å². The second-order valence-electron chi connectivity index (χ2n) is 5.67. The number of anilines is 1. The van der Waals surface area contributed by atoms with Gasteiger partial charge in [-0.3, -0.25) is 19.7 Å². The molecule has 130 valence electrons. The molecule has 1 unspecified atom stereocenters. The predicted octanol–water partition coefficient (Wildman–Crippen LogP) is 3.11. The van der Waals surface area contributed by atoms with E-state index in [1.54, 1.807) is 19.1 Å². The summed E-state index contributed by atoms with van der Waals surface area (Å²) in [6.07, 6.45) is 0.0191. The van der Waals surface area contributed by atoms with Gasteiger partial charge in [0.2, 0.25) is 11.8 Å². The summed E-state index contributed by atoms with van der Waals surface area (Å²) in [5.41, 5.74) is 1.61. The fourth-order valence-corrected chi connectivity index (χ4v) is 2.46. The fraction of sp³-hybridized carbons (Fsp3) is 0.222. The third-order valence-corrected chi connectivity index (χ3v) is 3.66. The van der Waals surface area contributed by atoms with Crippen molar-refractivity contribution in [3.8, 4) is 0 Å². The largest absolute Gasteiger partial charge is 0.349 e. The van der Waals surface area contributed by atoms with E-state index in [-0.39, 0.29) is 23.9 Å². The summed E-state index contributed by atoms with van der Waals surface area (Å²) in [6, 6.07) is 13.2. The first-order valence-electron chi connectivity index (χ1n) is 7.73. The Kier molecular flexibility index (Phi) is 5.84. The minimum Gasteiger partial charge on any atom is -0.349 e. The van der Waals surface area contributed by atoms with Crippen molar-refractivity contribution in [1.82, 2.24) is 5.32 Å². The van der Waals surface area contributed by atoms with Crippen molar-refractivity contribution >= 4 is 23.2 Å². The summed E-state index contributed by atoms with van der Waals surface area (Å²) >= 11 is 0. The Morgan fingerprint density at radius 2 is 1.84 bits per heavy atom. The van der Waals surface area contributed by atoms with Crippen LogP contribution in [0, 0.1) is 17.0 Å². The second kappa shape index (κ2) is 8.05. The summed E-state index contributed by atoms with van der Waals surface area (Å²) in [7, 11) is 0. The quantitative estimate of drug-likeness (QED) is 0.622. The van der Waals surface area contributed by atoms with Crippen molar-refractivity contribution in [1.29, 1.82) is 0 Å². The van der Waals surface area contributed by atoms with Crippen LogP contribution in [-0.2, 0) is 9.59 Å². The molecule has 0 radical (unpaired) electrons. The van der Waals surface area contributed by atoms with Gasteiger partial charge in [-0.05, 0) is 18.6 Å². The lowest BCUT2D eigenvalue weighted by Crippen LogP contribution is -2.29. The number of rotatable bonds is 6. The molecule has 0 heterocycles. The number of nitrogens with zero attached hydrogens (tertiary/aromatic N) is 1. The van der Waals surface area contributed by atoms with Gasteiger partial charge in [0, 0.05) is 24.2 Å². The van der Waals surface area contributed by atoms with E-state index in [0.29, 0.717) is 11.3 Å². The van der Waals surface area contributed by atoms with E-state index in [9.17, 15) is 19.7 Å². The van der Waals surface area contributed by atoms with Crippen LogP contribution in [-0.4, -0.2) is 16.7 Å². The Labute approximate surface area is 145 Å². The number of aryl methyl sites for hydroxylation is 1. The molecule has 2 rings (SSSR count). The lowest BCUT2D eigenvalue weighted by molar-refractivity contribution is -0.385. The molecule has 0 aliphatic rings. The number of carbonyl (C=O) groups excluding carboxylic acids is 2. The smallest absolute Gasteiger partial charge is 0.274 e. The maximum atomic E-state index is 12.3. The van der Waals surface area contributed by atoms with Gasteiger partial charge in [0.15, 0.2) is 0 Å². The van der Waals surface area contributed by atoms with Gasteiger partial charge in [-0.25, -0.2) is 0 Å². The van der Waals surface area contributed by atoms with Crippen LogP contribution in [0.3, 0.4) is 0 Å². The maximum Gasteiger partial charge on any atom is 0.274 e. The zero-order chi connectivity index (χ0) is 18.4. The van der Waals surface area contributed by atoms with Gasteiger partial charge in [0.25, 0.3) is 5.69 Å². The second-order valence-corrected chi connectivity index (χ2v) is 5.67. The lowest BCUT2D eigenvalue weighted by Gasteiger charge is -2.18. The maximum absolute atomic E-state index is 12.3. The van der Waals surface area contributed by atoms with E-state index in [4.69, 9.17) is 0 Å². The standard InChI is InChI=1S/C18H19N3O4/c1-12-8-9-15(10-17(12)21(24)25)20-18(23)11-16(19-13(2)22)14-6-4-3-5-7-14/h3-10,16H,11H2,1-2H3,(H,19,22)(H,20,23). The molecule has 2 amide bonds. The van der Waals surface area contributed by atoms with E-state index in [1.165, 1.54) is 13.0 Å². The van der Waals surface area contributed by atoms with Crippen LogP contribution < -0.4 is 10.6 Å². The highest BCUT2D eigenvalue weighted by Crippen LogP contribution is 2.23. The van der Waals surface area contributed by atoms with Crippen LogP contribution in [0.4, 0.5) is 11.4 Å². The van der Waals surface area contributed by atoms with E-state index < -0.39 is 11.0 Å². The zero-order valence-corrected chi connectivity index (χ0v) is 14.0. The third kappa shape index (κ3) is 5.13. The molecule has 0 bridgehead atoms. The van der Waals surface area contributed by atoms with Crippen LogP contribution in [0.5, 0.6) is 0 Å². The molecular formula is C18H19N3O4. The first kappa shape index (κ1) is 18.1. The highest BCUT2D eigenvalue weighted by molar-refractivity contribution is 5.92. The number of hydrogen-bond donors (Lipinski definition) is 2. The number of hydrogen-bond acceptors (Lipinski definition) is 4. The van der Waals surface area contributed by atoms with Crippen LogP contribution in [0.1, 0.15) is 30.5 Å². The van der Waals surface area contributed by atoms with Crippen molar-refractivity contribution in [3.63, 3.8) is 0 Å². The van der Waals surface area contributed by atoms with Crippen molar-refractivity contribution in [3.05, 3.63) is 69.8 Å². The number of amides is 2. The molecule has 7 nitrogen and oxygen atoms in total. The summed E-state index contributed by atoms with van der Waals surface area (Å²) in [4.78, 5) is 34.2.